The van der Waals surface area contributed by atoms with Gasteiger partial charge >= 0.3 is 5.97 Å². The van der Waals surface area contributed by atoms with Gasteiger partial charge in [-0.05, 0) is 17.1 Å². The summed E-state index contributed by atoms with van der Waals surface area (Å²) in [6, 6.07) is 0.00981. The molecule has 1 aliphatic carbocycles. The summed E-state index contributed by atoms with van der Waals surface area (Å²) in [5.74, 6) is -0.868. The van der Waals surface area contributed by atoms with Crippen LogP contribution in [0.4, 0.5) is 0 Å². The van der Waals surface area contributed by atoms with Crippen molar-refractivity contribution in [3.63, 3.8) is 0 Å². The number of nitrogens with zero attached hydrogens (tertiary/aromatic N) is 1. The number of carboxylic acids is 1. The van der Waals surface area contributed by atoms with E-state index in [-0.39, 0.29) is 23.2 Å². The third kappa shape index (κ3) is 1.59. The number of rotatable bonds is 1. The molecule has 2 unspecified atom stereocenters. The Morgan fingerprint density at radius 3 is 3.06 bits per heavy atom. The summed E-state index contributed by atoms with van der Waals surface area (Å²) in [4.78, 5) is 15.5. The number of aliphatic carboxylic acids is 1. The third-order valence-corrected chi connectivity index (χ3v) is 4.33. The quantitative estimate of drug-likeness (QED) is 0.794. The highest BCUT2D eigenvalue weighted by Gasteiger charge is 2.47. The lowest BCUT2D eigenvalue weighted by Crippen LogP contribution is -2.38. The zero-order chi connectivity index (χ0) is 11.2. The molecule has 2 aliphatic heterocycles. The van der Waals surface area contributed by atoms with E-state index >= 15 is 0 Å². The molecule has 17 heavy (non-hydrogen) atoms. The van der Waals surface area contributed by atoms with Crippen molar-refractivity contribution < 1.29 is 9.90 Å². The first-order valence-electron chi connectivity index (χ1n) is 4.96. The van der Waals surface area contributed by atoms with Gasteiger partial charge in [0.2, 0.25) is 0 Å². The standard InChI is InChI=1S/C12H9NO2S.ClH/c14-11(15)8-7-16-12-5-2-1-3-10(12)13-6-4-9(8)12;/h1-7,10H,(H,14,15);1H. The van der Waals surface area contributed by atoms with E-state index in [1.54, 1.807) is 17.7 Å². The van der Waals surface area contributed by atoms with Crippen molar-refractivity contribution in [1.29, 1.82) is 0 Å². The molecular formula is C12H10ClNO2S. The average Bonchev–Trinajstić information content (AvgIpc) is 2.66. The number of carbonyl (C=O) groups is 1. The van der Waals surface area contributed by atoms with Gasteiger partial charge in [-0.3, -0.25) is 4.99 Å². The second-order valence-electron chi connectivity index (χ2n) is 3.81. The summed E-state index contributed by atoms with van der Waals surface area (Å²) < 4.78 is -0.322. The molecular weight excluding hydrogens is 258 g/mol. The van der Waals surface area contributed by atoms with Crippen LogP contribution in [0.15, 0.2) is 51.9 Å². The van der Waals surface area contributed by atoms with Gasteiger partial charge in [0, 0.05) is 6.21 Å². The first-order chi connectivity index (χ1) is 7.74. The van der Waals surface area contributed by atoms with Gasteiger partial charge in [-0.2, -0.15) is 0 Å². The summed E-state index contributed by atoms with van der Waals surface area (Å²) in [5.41, 5.74) is 1.24. The van der Waals surface area contributed by atoms with E-state index in [1.165, 1.54) is 11.8 Å². The third-order valence-electron chi connectivity index (χ3n) is 2.99. The maximum absolute atomic E-state index is 11.1. The first-order valence-corrected chi connectivity index (χ1v) is 5.83. The highest BCUT2D eigenvalue weighted by molar-refractivity contribution is 8.04. The molecule has 5 heteroatoms. The lowest BCUT2D eigenvalue weighted by molar-refractivity contribution is -0.132. The van der Waals surface area contributed by atoms with Gasteiger partial charge in [0.25, 0.3) is 0 Å². The molecule has 0 saturated carbocycles. The van der Waals surface area contributed by atoms with Gasteiger partial charge < -0.3 is 5.11 Å². The number of thioether (sulfide) groups is 1. The highest BCUT2D eigenvalue weighted by atomic mass is 35.5. The molecule has 3 rings (SSSR count). The topological polar surface area (TPSA) is 49.7 Å². The lowest BCUT2D eigenvalue weighted by atomic mass is 9.82. The van der Waals surface area contributed by atoms with Crippen LogP contribution in [0, 0.1) is 0 Å². The molecule has 3 aliphatic rings. The Kier molecular flexibility index (Phi) is 3.02. The smallest absolute Gasteiger partial charge is 0.336 e. The number of carboxylic acid groups (broad SMARTS) is 1. The van der Waals surface area contributed by atoms with E-state index in [2.05, 4.69) is 4.99 Å². The van der Waals surface area contributed by atoms with Crippen LogP contribution in [0.1, 0.15) is 0 Å². The summed E-state index contributed by atoms with van der Waals surface area (Å²) >= 11 is 1.53. The Bertz CT molecular complexity index is 519. The Morgan fingerprint density at radius 1 is 1.47 bits per heavy atom. The molecule has 0 aromatic heterocycles. The van der Waals surface area contributed by atoms with Crippen molar-refractivity contribution in [2.75, 3.05) is 0 Å². The minimum absolute atomic E-state index is 0. The number of aliphatic imine (C=N–C) groups is 1. The van der Waals surface area contributed by atoms with Gasteiger partial charge in [-0.25, -0.2) is 4.79 Å². The van der Waals surface area contributed by atoms with Crippen molar-refractivity contribution in [1.82, 2.24) is 0 Å². The Morgan fingerprint density at radius 2 is 2.29 bits per heavy atom. The maximum Gasteiger partial charge on any atom is 0.336 e. The number of hydrogen-bond acceptors (Lipinski definition) is 3. The predicted molar refractivity (Wildman–Crippen MR) is 71.9 cm³/mol. The molecule has 3 nitrogen and oxygen atoms in total. The monoisotopic (exact) mass is 267 g/mol. The summed E-state index contributed by atoms with van der Waals surface area (Å²) in [7, 11) is 0. The molecule has 0 amide bonds. The zero-order valence-corrected chi connectivity index (χ0v) is 10.4. The van der Waals surface area contributed by atoms with E-state index in [1.807, 2.05) is 24.3 Å². The van der Waals surface area contributed by atoms with Gasteiger partial charge in [-0.1, -0.05) is 24.3 Å². The van der Waals surface area contributed by atoms with Crippen molar-refractivity contribution >= 4 is 36.4 Å². The van der Waals surface area contributed by atoms with Crippen LogP contribution in [0.3, 0.4) is 0 Å². The SMILES string of the molecule is Cl.O=C(O)C1=CSC23C=CC=CC2N=CC=C13. The first kappa shape index (κ1) is 12.2. The summed E-state index contributed by atoms with van der Waals surface area (Å²) in [5, 5.41) is 10.9. The fraction of sp³-hybridized carbons (Fsp3) is 0.167. The fourth-order valence-electron chi connectivity index (χ4n) is 2.22. The van der Waals surface area contributed by atoms with Crippen LogP contribution in [0.5, 0.6) is 0 Å². The van der Waals surface area contributed by atoms with Crippen LogP contribution in [-0.4, -0.2) is 28.1 Å². The number of halogens is 1. The maximum atomic E-state index is 11.1. The van der Waals surface area contributed by atoms with E-state index in [4.69, 9.17) is 5.11 Å². The Balaban J connectivity index is 0.00000108. The van der Waals surface area contributed by atoms with E-state index in [0.717, 1.165) is 5.57 Å². The van der Waals surface area contributed by atoms with Crippen molar-refractivity contribution in [2.45, 2.75) is 10.8 Å². The van der Waals surface area contributed by atoms with Crippen molar-refractivity contribution in [3.8, 4) is 0 Å². The van der Waals surface area contributed by atoms with Crippen LogP contribution in [0.2, 0.25) is 0 Å². The predicted octanol–water partition coefficient (Wildman–Crippen LogP) is 2.37. The van der Waals surface area contributed by atoms with Crippen molar-refractivity contribution in [3.05, 3.63) is 46.9 Å². The Labute approximate surface area is 109 Å². The van der Waals surface area contributed by atoms with Crippen LogP contribution in [0.25, 0.3) is 0 Å². The van der Waals surface area contributed by atoms with Gasteiger partial charge in [0.15, 0.2) is 0 Å². The average molecular weight is 268 g/mol. The van der Waals surface area contributed by atoms with E-state index in [9.17, 15) is 4.79 Å². The molecule has 2 heterocycles. The molecule has 0 aromatic rings. The van der Waals surface area contributed by atoms with Gasteiger partial charge in [0.1, 0.15) is 0 Å². The fourth-order valence-corrected chi connectivity index (χ4v) is 3.50. The number of dihydropyridines is 1. The van der Waals surface area contributed by atoms with Gasteiger partial charge in [-0.15, -0.1) is 24.2 Å². The normalized spacial score (nSPS) is 32.1. The highest BCUT2D eigenvalue weighted by Crippen LogP contribution is 2.51. The van der Waals surface area contributed by atoms with Crippen LogP contribution >= 0.6 is 24.2 Å². The molecule has 2 atom stereocenters. The largest absolute Gasteiger partial charge is 0.478 e. The van der Waals surface area contributed by atoms with Crippen LogP contribution < -0.4 is 0 Å². The number of hydrogen-bond donors (Lipinski definition) is 1. The minimum atomic E-state index is -0.868. The summed E-state index contributed by atoms with van der Waals surface area (Å²) in [6.07, 6.45) is 11.5. The molecule has 0 saturated heterocycles. The molecule has 0 bridgehead atoms. The zero-order valence-electron chi connectivity index (χ0n) is 8.74. The minimum Gasteiger partial charge on any atom is -0.478 e. The second-order valence-corrected chi connectivity index (χ2v) is 4.96. The Hall–Kier alpha value is -1.26. The van der Waals surface area contributed by atoms with Crippen LogP contribution in [-0.2, 0) is 4.79 Å². The van der Waals surface area contributed by atoms with Crippen molar-refractivity contribution in [2.24, 2.45) is 4.99 Å². The second kappa shape index (κ2) is 4.20. The molecule has 1 N–H and O–H groups in total. The van der Waals surface area contributed by atoms with E-state index < -0.39 is 5.97 Å². The molecule has 0 radical (unpaired) electrons. The summed E-state index contributed by atoms with van der Waals surface area (Å²) in [6.45, 7) is 0. The molecule has 88 valence electrons. The number of allylic oxidation sites excluding steroid dienone is 3. The van der Waals surface area contributed by atoms with E-state index in [0.29, 0.717) is 5.57 Å². The van der Waals surface area contributed by atoms with Gasteiger partial charge in [0.05, 0.1) is 16.4 Å². The lowest BCUT2D eigenvalue weighted by Gasteiger charge is -2.35. The molecule has 0 aromatic carbocycles. The molecule has 0 fully saturated rings. The molecule has 1 spiro atoms.